The Bertz CT molecular complexity index is 463. The molecule has 0 aliphatic heterocycles. The van der Waals surface area contributed by atoms with Gasteiger partial charge in [-0.2, -0.15) is 0 Å². The van der Waals surface area contributed by atoms with Gasteiger partial charge in [0.25, 0.3) is 0 Å². The molecule has 0 saturated heterocycles. The lowest BCUT2D eigenvalue weighted by Gasteiger charge is -1.95. The van der Waals surface area contributed by atoms with Crippen molar-refractivity contribution in [2.24, 2.45) is 0 Å². The summed E-state index contributed by atoms with van der Waals surface area (Å²) < 4.78 is 0. The highest BCUT2D eigenvalue weighted by Crippen LogP contribution is 2.41. The average molecular weight is 187 g/mol. The van der Waals surface area contributed by atoms with E-state index in [1.54, 1.807) is 10.4 Å². The normalized spacial score (nSPS) is 20.8. The van der Waals surface area contributed by atoms with Gasteiger partial charge in [-0.1, -0.05) is 6.07 Å². The average Bonchev–Trinajstić information content (AvgIpc) is 2.67. The second kappa shape index (κ2) is 2.58. The lowest BCUT2D eigenvalue weighted by Crippen LogP contribution is -1.86. The molecule has 2 heterocycles. The zero-order valence-corrected chi connectivity index (χ0v) is 8.40. The van der Waals surface area contributed by atoms with Crippen LogP contribution in [0.25, 0.3) is 10.2 Å². The fourth-order valence-corrected chi connectivity index (χ4v) is 3.43. The van der Waals surface area contributed by atoms with Gasteiger partial charge >= 0.3 is 0 Å². The van der Waals surface area contributed by atoms with Gasteiger partial charge in [-0.15, -0.1) is 11.3 Å². The highest BCUT2D eigenvalue weighted by molar-refractivity contribution is 7.19. The zero-order valence-electron chi connectivity index (χ0n) is 7.58. The number of aromatic nitrogens is 1. The van der Waals surface area contributed by atoms with Crippen molar-refractivity contribution in [1.29, 1.82) is 0 Å². The van der Waals surface area contributed by atoms with Gasteiger partial charge in [-0.05, 0) is 30.3 Å². The molecule has 1 unspecified atom stereocenters. The number of pyridine rings is 1. The number of aryl methyl sites for hydroxylation is 1. The SMILES string of the molecule is BC1CCc2c1sc1ncccc21. The molecule has 0 bridgehead atoms. The molecule has 2 aromatic heterocycles. The van der Waals surface area contributed by atoms with Gasteiger partial charge in [-0.3, -0.25) is 0 Å². The van der Waals surface area contributed by atoms with Crippen molar-refractivity contribution in [3.8, 4) is 0 Å². The highest BCUT2D eigenvalue weighted by Gasteiger charge is 2.23. The van der Waals surface area contributed by atoms with Gasteiger partial charge in [0, 0.05) is 16.5 Å². The van der Waals surface area contributed by atoms with E-state index in [-0.39, 0.29) is 0 Å². The number of rotatable bonds is 0. The molecule has 3 rings (SSSR count). The fraction of sp³-hybridized carbons (Fsp3) is 0.300. The fourth-order valence-electron chi connectivity index (χ4n) is 2.15. The second-order valence-electron chi connectivity index (χ2n) is 3.74. The molecule has 3 heteroatoms. The molecule has 1 aliphatic carbocycles. The lowest BCUT2D eigenvalue weighted by molar-refractivity contribution is 0.887. The summed E-state index contributed by atoms with van der Waals surface area (Å²) in [7, 11) is 2.32. The molecule has 0 spiro atoms. The molecule has 0 fully saturated rings. The molecule has 1 nitrogen and oxygen atoms in total. The van der Waals surface area contributed by atoms with Crippen molar-refractivity contribution in [3.63, 3.8) is 0 Å². The minimum atomic E-state index is 0.759. The first-order chi connectivity index (χ1) is 6.36. The monoisotopic (exact) mass is 187 g/mol. The van der Waals surface area contributed by atoms with E-state index in [2.05, 4.69) is 18.9 Å². The quantitative estimate of drug-likeness (QED) is 0.574. The summed E-state index contributed by atoms with van der Waals surface area (Å²) >= 11 is 1.88. The summed E-state index contributed by atoms with van der Waals surface area (Å²) in [6.07, 6.45) is 4.47. The van der Waals surface area contributed by atoms with Crippen LogP contribution < -0.4 is 0 Å². The number of thiophene rings is 1. The molecule has 2 aromatic rings. The standard InChI is InChI=1S/C10H10BNS/c11-8-4-3-6-7-2-1-5-12-10(7)13-9(6)8/h1-2,5,8H,3-4,11H2. The Morgan fingerprint density at radius 2 is 2.46 bits per heavy atom. The van der Waals surface area contributed by atoms with Crippen LogP contribution in [-0.4, -0.2) is 12.8 Å². The van der Waals surface area contributed by atoms with E-state index < -0.39 is 0 Å². The first-order valence-corrected chi connectivity index (χ1v) is 5.54. The molecule has 1 atom stereocenters. The summed E-state index contributed by atoms with van der Waals surface area (Å²) in [5.41, 5.74) is 1.57. The van der Waals surface area contributed by atoms with Crippen molar-refractivity contribution in [1.82, 2.24) is 4.98 Å². The van der Waals surface area contributed by atoms with E-state index in [9.17, 15) is 0 Å². The third kappa shape index (κ3) is 0.968. The van der Waals surface area contributed by atoms with Crippen LogP contribution in [-0.2, 0) is 6.42 Å². The first-order valence-electron chi connectivity index (χ1n) is 4.72. The van der Waals surface area contributed by atoms with Crippen LogP contribution in [0.3, 0.4) is 0 Å². The lowest BCUT2D eigenvalue weighted by atomic mass is 9.87. The summed E-state index contributed by atoms with van der Waals surface area (Å²) in [5.74, 6) is 0.759. The van der Waals surface area contributed by atoms with Crippen molar-refractivity contribution >= 4 is 29.4 Å². The largest absolute Gasteiger partial charge is 0.245 e. The Kier molecular flexibility index (Phi) is 1.50. The maximum atomic E-state index is 4.40. The Balaban J connectivity index is 2.38. The van der Waals surface area contributed by atoms with Gasteiger partial charge in [0.15, 0.2) is 0 Å². The summed E-state index contributed by atoms with van der Waals surface area (Å²) in [6, 6.07) is 4.24. The molecule has 13 heavy (non-hydrogen) atoms. The number of nitrogens with zero attached hydrogens (tertiary/aromatic N) is 1. The molecule has 0 saturated carbocycles. The van der Waals surface area contributed by atoms with E-state index in [4.69, 9.17) is 0 Å². The first kappa shape index (κ1) is 7.57. The molecule has 64 valence electrons. The van der Waals surface area contributed by atoms with E-state index in [1.807, 2.05) is 23.6 Å². The minimum absolute atomic E-state index is 0.759. The van der Waals surface area contributed by atoms with Gasteiger partial charge in [0.1, 0.15) is 12.7 Å². The van der Waals surface area contributed by atoms with Crippen LogP contribution in [0.5, 0.6) is 0 Å². The van der Waals surface area contributed by atoms with Crippen LogP contribution in [0.2, 0.25) is 0 Å². The van der Waals surface area contributed by atoms with Crippen LogP contribution in [0.15, 0.2) is 18.3 Å². The topological polar surface area (TPSA) is 12.9 Å². The van der Waals surface area contributed by atoms with Crippen molar-refractivity contribution in [3.05, 3.63) is 28.8 Å². The van der Waals surface area contributed by atoms with E-state index >= 15 is 0 Å². The number of fused-ring (bicyclic) bond motifs is 3. The molecule has 0 N–H and O–H groups in total. The van der Waals surface area contributed by atoms with E-state index in [0.717, 1.165) is 5.82 Å². The van der Waals surface area contributed by atoms with Crippen molar-refractivity contribution in [2.75, 3.05) is 0 Å². The Morgan fingerprint density at radius 3 is 3.38 bits per heavy atom. The predicted molar refractivity (Wildman–Crippen MR) is 59.2 cm³/mol. The van der Waals surface area contributed by atoms with Crippen LogP contribution in [0.1, 0.15) is 22.7 Å². The molecule has 1 aliphatic rings. The summed E-state index contributed by atoms with van der Waals surface area (Å²) in [5, 5.41) is 1.40. The summed E-state index contributed by atoms with van der Waals surface area (Å²) in [4.78, 5) is 7.20. The maximum Gasteiger partial charge on any atom is 0.123 e. The van der Waals surface area contributed by atoms with Gasteiger partial charge in [-0.25, -0.2) is 4.98 Å². The van der Waals surface area contributed by atoms with E-state index in [0.29, 0.717) is 0 Å². The third-order valence-electron chi connectivity index (χ3n) is 2.88. The predicted octanol–water partition coefficient (Wildman–Crippen LogP) is 1.92. The Hall–Kier alpha value is -0.825. The third-order valence-corrected chi connectivity index (χ3v) is 4.26. The molecular formula is C10H10BNS. The van der Waals surface area contributed by atoms with Crippen LogP contribution >= 0.6 is 11.3 Å². The molecular weight excluding hydrogens is 177 g/mol. The van der Waals surface area contributed by atoms with Crippen LogP contribution in [0, 0.1) is 0 Å². The molecule has 0 amide bonds. The number of hydrogen-bond acceptors (Lipinski definition) is 2. The van der Waals surface area contributed by atoms with Gasteiger partial charge < -0.3 is 0 Å². The van der Waals surface area contributed by atoms with Gasteiger partial charge in [0.2, 0.25) is 0 Å². The highest BCUT2D eigenvalue weighted by atomic mass is 32.1. The van der Waals surface area contributed by atoms with Gasteiger partial charge in [0.05, 0.1) is 0 Å². The second-order valence-corrected chi connectivity index (χ2v) is 4.77. The van der Waals surface area contributed by atoms with Crippen molar-refractivity contribution < 1.29 is 0 Å². The van der Waals surface area contributed by atoms with Crippen LogP contribution in [0.4, 0.5) is 0 Å². The number of hydrogen-bond donors (Lipinski definition) is 0. The molecule has 0 aromatic carbocycles. The molecule has 0 radical (unpaired) electrons. The summed E-state index contributed by atoms with van der Waals surface area (Å²) in [6.45, 7) is 0. The zero-order chi connectivity index (χ0) is 8.84. The Morgan fingerprint density at radius 1 is 1.54 bits per heavy atom. The Labute approximate surface area is 82.2 Å². The van der Waals surface area contributed by atoms with E-state index in [1.165, 1.54) is 23.1 Å². The maximum absolute atomic E-state index is 4.40. The van der Waals surface area contributed by atoms with Crippen molar-refractivity contribution in [2.45, 2.75) is 18.7 Å². The smallest absolute Gasteiger partial charge is 0.123 e. The minimum Gasteiger partial charge on any atom is -0.245 e.